The molecule has 0 bridgehead atoms. The highest BCUT2D eigenvalue weighted by atomic mass is 16.5. The molecule has 3 aromatic carbocycles. The van der Waals surface area contributed by atoms with Gasteiger partial charge in [-0.3, -0.25) is 0 Å². The lowest BCUT2D eigenvalue weighted by Crippen LogP contribution is -2.20. The predicted octanol–water partition coefficient (Wildman–Crippen LogP) is 5.30. The number of ether oxygens (including phenoxy) is 2. The molecule has 3 rings (SSSR count). The Morgan fingerprint density at radius 2 is 1.44 bits per heavy atom. The minimum Gasteiger partial charge on any atom is -0.490 e. The predicted molar refractivity (Wildman–Crippen MR) is 110 cm³/mol. The molecule has 1 N–H and O–H groups in total. The zero-order valence-electron chi connectivity index (χ0n) is 16.0. The highest BCUT2D eigenvalue weighted by molar-refractivity contribution is 5.36. The number of aryl methyl sites for hydroxylation is 1. The molecular weight excluding hydrogens is 334 g/mol. The van der Waals surface area contributed by atoms with Crippen molar-refractivity contribution >= 4 is 0 Å². The van der Waals surface area contributed by atoms with Gasteiger partial charge < -0.3 is 14.8 Å². The molecule has 0 amide bonds. The Morgan fingerprint density at radius 1 is 0.778 bits per heavy atom. The average Bonchev–Trinajstić information content (AvgIpc) is 2.71. The van der Waals surface area contributed by atoms with Gasteiger partial charge >= 0.3 is 0 Å². The van der Waals surface area contributed by atoms with E-state index in [9.17, 15) is 0 Å². The van der Waals surface area contributed by atoms with E-state index in [0.29, 0.717) is 13.2 Å². The van der Waals surface area contributed by atoms with Gasteiger partial charge in [-0.1, -0.05) is 60.7 Å². The van der Waals surface area contributed by atoms with Crippen LogP contribution >= 0.6 is 0 Å². The average molecular weight is 361 g/mol. The summed E-state index contributed by atoms with van der Waals surface area (Å²) in [6, 6.07) is 26.6. The van der Waals surface area contributed by atoms with Crippen molar-refractivity contribution in [2.75, 3.05) is 13.2 Å². The first kappa shape index (κ1) is 19.0. The molecule has 0 aliphatic heterocycles. The molecule has 0 spiro atoms. The van der Waals surface area contributed by atoms with E-state index in [1.807, 2.05) is 42.5 Å². The van der Waals surface area contributed by atoms with E-state index in [0.717, 1.165) is 23.6 Å². The van der Waals surface area contributed by atoms with E-state index in [4.69, 9.17) is 9.47 Å². The van der Waals surface area contributed by atoms with Crippen molar-refractivity contribution in [3.8, 4) is 11.5 Å². The molecule has 0 radical (unpaired) electrons. The zero-order valence-corrected chi connectivity index (χ0v) is 16.0. The van der Waals surface area contributed by atoms with Crippen LogP contribution in [0.2, 0.25) is 0 Å². The van der Waals surface area contributed by atoms with Gasteiger partial charge in [-0.25, -0.2) is 0 Å². The summed E-state index contributed by atoms with van der Waals surface area (Å²) in [6.45, 7) is 6.17. The highest BCUT2D eigenvalue weighted by Gasteiger charge is 2.11. The van der Waals surface area contributed by atoms with Crippen molar-refractivity contribution in [2.24, 2.45) is 0 Å². The van der Waals surface area contributed by atoms with Crippen molar-refractivity contribution in [3.63, 3.8) is 0 Å². The van der Waals surface area contributed by atoms with E-state index in [2.05, 4.69) is 55.6 Å². The number of hydrogen-bond donors (Lipinski definition) is 1. The van der Waals surface area contributed by atoms with Crippen molar-refractivity contribution in [1.82, 2.24) is 5.32 Å². The second-order valence-corrected chi connectivity index (χ2v) is 6.58. The number of hydrogen-bond acceptors (Lipinski definition) is 3. The van der Waals surface area contributed by atoms with Crippen molar-refractivity contribution < 1.29 is 9.47 Å². The number of nitrogens with one attached hydrogen (secondary N) is 1. The van der Waals surface area contributed by atoms with Gasteiger partial charge in [-0.15, -0.1) is 0 Å². The maximum Gasteiger partial charge on any atom is 0.124 e. The van der Waals surface area contributed by atoms with Gasteiger partial charge in [0.2, 0.25) is 0 Å². The fourth-order valence-electron chi connectivity index (χ4n) is 2.98. The molecule has 1 atom stereocenters. The number of rotatable bonds is 9. The van der Waals surface area contributed by atoms with Gasteiger partial charge in [0.25, 0.3) is 0 Å². The van der Waals surface area contributed by atoms with Crippen LogP contribution in [0.5, 0.6) is 11.5 Å². The van der Waals surface area contributed by atoms with Gasteiger partial charge in [0, 0.05) is 18.2 Å². The molecule has 1 unspecified atom stereocenters. The third-order valence-corrected chi connectivity index (χ3v) is 4.60. The normalized spacial score (nSPS) is 11.8. The largest absolute Gasteiger partial charge is 0.490 e. The molecule has 140 valence electrons. The van der Waals surface area contributed by atoms with Gasteiger partial charge in [0.15, 0.2) is 0 Å². The van der Waals surface area contributed by atoms with Crippen LogP contribution in [0, 0.1) is 6.92 Å². The molecule has 0 aliphatic carbocycles. The summed E-state index contributed by atoms with van der Waals surface area (Å²) < 4.78 is 11.7. The summed E-state index contributed by atoms with van der Waals surface area (Å²) in [7, 11) is 0. The summed E-state index contributed by atoms with van der Waals surface area (Å²) in [5.74, 6) is 1.77. The van der Waals surface area contributed by atoms with Gasteiger partial charge in [-0.2, -0.15) is 0 Å². The van der Waals surface area contributed by atoms with Gasteiger partial charge in [0.1, 0.15) is 24.7 Å². The molecule has 0 aliphatic rings. The van der Waals surface area contributed by atoms with Crippen LogP contribution in [0.1, 0.15) is 29.7 Å². The van der Waals surface area contributed by atoms with E-state index in [1.54, 1.807) is 0 Å². The minimum atomic E-state index is 0.191. The number of para-hydroxylation sites is 2. The van der Waals surface area contributed by atoms with Crippen LogP contribution in [0.4, 0.5) is 0 Å². The van der Waals surface area contributed by atoms with Crippen molar-refractivity contribution in [2.45, 2.75) is 26.4 Å². The van der Waals surface area contributed by atoms with Crippen LogP contribution in [0.15, 0.2) is 78.9 Å². The summed E-state index contributed by atoms with van der Waals surface area (Å²) >= 11 is 0. The molecule has 27 heavy (non-hydrogen) atoms. The Kier molecular flexibility index (Phi) is 6.89. The molecule has 3 heteroatoms. The fourth-order valence-corrected chi connectivity index (χ4v) is 2.98. The number of benzene rings is 3. The molecule has 0 saturated carbocycles. The standard InChI is InChI=1S/C24H27NO2/c1-19-10-6-7-11-21(19)18-25-20(2)23-14-8-9-15-24(23)27-17-16-26-22-12-4-3-5-13-22/h3-15,20,25H,16-18H2,1-2H3. The lowest BCUT2D eigenvalue weighted by Gasteiger charge is -2.19. The van der Waals surface area contributed by atoms with Crippen LogP contribution in [0.25, 0.3) is 0 Å². The third kappa shape index (κ3) is 5.60. The lowest BCUT2D eigenvalue weighted by molar-refractivity contribution is 0.215. The summed E-state index contributed by atoms with van der Waals surface area (Å²) in [5, 5.41) is 3.60. The Balaban J connectivity index is 1.54. The second kappa shape index (κ2) is 9.79. The quantitative estimate of drug-likeness (QED) is 0.524. The zero-order chi connectivity index (χ0) is 18.9. The van der Waals surface area contributed by atoms with Crippen LogP contribution < -0.4 is 14.8 Å². The third-order valence-electron chi connectivity index (χ3n) is 4.60. The second-order valence-electron chi connectivity index (χ2n) is 6.58. The van der Waals surface area contributed by atoms with E-state index in [1.165, 1.54) is 11.1 Å². The molecule has 0 fully saturated rings. The first-order valence-electron chi connectivity index (χ1n) is 9.41. The summed E-state index contributed by atoms with van der Waals surface area (Å²) in [4.78, 5) is 0. The highest BCUT2D eigenvalue weighted by Crippen LogP contribution is 2.25. The fraction of sp³-hybridized carbons (Fsp3) is 0.250. The molecule has 0 heterocycles. The van der Waals surface area contributed by atoms with Crippen LogP contribution in [-0.2, 0) is 6.54 Å². The van der Waals surface area contributed by atoms with E-state index in [-0.39, 0.29) is 6.04 Å². The van der Waals surface area contributed by atoms with Gasteiger partial charge in [0.05, 0.1) is 0 Å². The Morgan fingerprint density at radius 3 is 2.26 bits per heavy atom. The van der Waals surface area contributed by atoms with Gasteiger partial charge in [-0.05, 0) is 43.2 Å². The molecule has 3 nitrogen and oxygen atoms in total. The van der Waals surface area contributed by atoms with Crippen molar-refractivity contribution in [1.29, 1.82) is 0 Å². The molecular formula is C24H27NO2. The topological polar surface area (TPSA) is 30.5 Å². The minimum absolute atomic E-state index is 0.191. The summed E-state index contributed by atoms with van der Waals surface area (Å²) in [5.41, 5.74) is 3.78. The summed E-state index contributed by atoms with van der Waals surface area (Å²) in [6.07, 6.45) is 0. The Labute approximate surface area is 162 Å². The molecule has 0 aromatic heterocycles. The lowest BCUT2D eigenvalue weighted by atomic mass is 10.1. The monoisotopic (exact) mass is 361 g/mol. The van der Waals surface area contributed by atoms with Crippen LogP contribution in [0.3, 0.4) is 0 Å². The Bertz CT molecular complexity index is 833. The molecule has 3 aromatic rings. The van der Waals surface area contributed by atoms with Crippen molar-refractivity contribution in [3.05, 3.63) is 95.6 Å². The first-order chi connectivity index (χ1) is 13.2. The smallest absolute Gasteiger partial charge is 0.124 e. The molecule has 0 saturated heterocycles. The van der Waals surface area contributed by atoms with E-state index < -0.39 is 0 Å². The first-order valence-corrected chi connectivity index (χ1v) is 9.41. The maximum absolute atomic E-state index is 5.99. The van der Waals surface area contributed by atoms with Crippen LogP contribution in [-0.4, -0.2) is 13.2 Å². The maximum atomic E-state index is 5.99. The van der Waals surface area contributed by atoms with E-state index >= 15 is 0 Å². The Hall–Kier alpha value is -2.78. The SMILES string of the molecule is Cc1ccccc1CNC(C)c1ccccc1OCCOc1ccccc1.